The standard InChI is InChI=1S/C33H34F3N3O4S/c1-32(2,3)39-44(40,41)27-9-6-8-23(19-27)28-10-7-11-29(38-28)30-20-24(22-13-15-25(16-14-22)33(34,35)36)18-26(37-30)21-43-31-12-4-5-17-42-31/h6-11,13-16,18-20,31,39H,4-5,12,17,21H2,1-3H3. The molecule has 11 heteroatoms. The number of rotatable bonds is 8. The molecule has 0 amide bonds. The second-order valence-electron chi connectivity index (χ2n) is 11.7. The molecule has 0 spiro atoms. The topological polar surface area (TPSA) is 90.4 Å². The Morgan fingerprint density at radius 1 is 0.841 bits per heavy atom. The molecule has 0 aliphatic carbocycles. The zero-order chi connectivity index (χ0) is 31.5. The molecular formula is C33H34F3N3O4S. The average Bonchev–Trinajstić information content (AvgIpc) is 2.99. The van der Waals surface area contributed by atoms with E-state index in [1.54, 1.807) is 69.3 Å². The van der Waals surface area contributed by atoms with Gasteiger partial charge in [-0.2, -0.15) is 13.2 Å². The fourth-order valence-corrected chi connectivity index (χ4v) is 6.32. The van der Waals surface area contributed by atoms with Crippen molar-refractivity contribution in [1.29, 1.82) is 0 Å². The van der Waals surface area contributed by atoms with E-state index in [2.05, 4.69) is 4.72 Å². The Balaban J connectivity index is 1.50. The summed E-state index contributed by atoms with van der Waals surface area (Å²) in [7, 11) is -3.77. The van der Waals surface area contributed by atoms with Gasteiger partial charge in [0.1, 0.15) is 0 Å². The van der Waals surface area contributed by atoms with Crippen molar-refractivity contribution in [3.8, 4) is 33.8 Å². The van der Waals surface area contributed by atoms with Gasteiger partial charge in [0.15, 0.2) is 6.29 Å². The molecule has 1 fully saturated rings. The first-order valence-corrected chi connectivity index (χ1v) is 15.8. The van der Waals surface area contributed by atoms with E-state index in [9.17, 15) is 21.6 Å². The third kappa shape index (κ3) is 8.09. The van der Waals surface area contributed by atoms with Gasteiger partial charge in [0.25, 0.3) is 0 Å². The van der Waals surface area contributed by atoms with Crippen LogP contribution in [0, 0.1) is 0 Å². The molecule has 1 saturated heterocycles. The van der Waals surface area contributed by atoms with Crippen molar-refractivity contribution in [2.75, 3.05) is 6.61 Å². The average molecular weight is 626 g/mol. The summed E-state index contributed by atoms with van der Waals surface area (Å²) in [5, 5.41) is 0. The van der Waals surface area contributed by atoms with Crippen LogP contribution in [0.5, 0.6) is 0 Å². The number of benzene rings is 2. The van der Waals surface area contributed by atoms with Crippen LogP contribution in [0.25, 0.3) is 33.8 Å². The molecule has 2 aromatic heterocycles. The van der Waals surface area contributed by atoms with Crippen molar-refractivity contribution in [3.63, 3.8) is 0 Å². The maximum Gasteiger partial charge on any atom is 0.416 e. The number of alkyl halides is 3. The van der Waals surface area contributed by atoms with Gasteiger partial charge in [-0.3, -0.25) is 0 Å². The molecule has 7 nitrogen and oxygen atoms in total. The molecule has 2 aromatic carbocycles. The minimum absolute atomic E-state index is 0.115. The maximum atomic E-state index is 13.2. The highest BCUT2D eigenvalue weighted by Crippen LogP contribution is 2.33. The zero-order valence-electron chi connectivity index (χ0n) is 24.7. The predicted octanol–water partition coefficient (Wildman–Crippen LogP) is 7.62. The smallest absolute Gasteiger partial charge is 0.353 e. The van der Waals surface area contributed by atoms with Crippen molar-refractivity contribution in [3.05, 3.63) is 90.1 Å². The number of halogens is 3. The molecule has 0 saturated carbocycles. The van der Waals surface area contributed by atoms with Crippen LogP contribution < -0.4 is 4.72 Å². The first-order chi connectivity index (χ1) is 20.8. The van der Waals surface area contributed by atoms with Crippen LogP contribution in [0.2, 0.25) is 0 Å². The number of aromatic nitrogens is 2. The van der Waals surface area contributed by atoms with Gasteiger partial charge in [0.2, 0.25) is 10.0 Å². The highest BCUT2D eigenvalue weighted by Gasteiger charge is 2.30. The van der Waals surface area contributed by atoms with E-state index >= 15 is 0 Å². The van der Waals surface area contributed by atoms with Crippen LogP contribution in [-0.4, -0.2) is 36.8 Å². The van der Waals surface area contributed by atoms with E-state index in [0.717, 1.165) is 31.4 Å². The van der Waals surface area contributed by atoms with E-state index in [0.29, 0.717) is 46.1 Å². The SMILES string of the molecule is CC(C)(C)NS(=O)(=O)c1cccc(-c2cccc(-c3cc(-c4ccc(C(F)(F)F)cc4)cc(COC4CCCCO4)n3)n2)c1. The highest BCUT2D eigenvalue weighted by atomic mass is 32.2. The number of ether oxygens (including phenoxy) is 2. The Bertz CT molecular complexity index is 1710. The number of nitrogens with one attached hydrogen (secondary N) is 1. The second-order valence-corrected chi connectivity index (χ2v) is 13.4. The van der Waals surface area contributed by atoms with Crippen molar-refractivity contribution >= 4 is 10.0 Å². The summed E-state index contributed by atoms with van der Waals surface area (Å²) in [5.74, 6) is 0. The number of nitrogens with zero attached hydrogens (tertiary/aromatic N) is 2. The zero-order valence-corrected chi connectivity index (χ0v) is 25.5. The summed E-state index contributed by atoms with van der Waals surface area (Å²) in [4.78, 5) is 9.68. The first-order valence-electron chi connectivity index (χ1n) is 14.3. The lowest BCUT2D eigenvalue weighted by Gasteiger charge is -2.22. The summed E-state index contributed by atoms with van der Waals surface area (Å²) in [5.41, 5.74) is 2.55. The molecule has 44 heavy (non-hydrogen) atoms. The number of hydrogen-bond donors (Lipinski definition) is 1. The molecule has 1 atom stereocenters. The van der Waals surface area contributed by atoms with E-state index in [1.165, 1.54) is 18.2 Å². The number of hydrogen-bond acceptors (Lipinski definition) is 6. The Kier molecular flexibility index (Phi) is 9.22. The molecule has 5 rings (SSSR count). The van der Waals surface area contributed by atoms with Gasteiger partial charge in [0.05, 0.1) is 39.8 Å². The van der Waals surface area contributed by atoms with Crippen LogP contribution in [-0.2, 0) is 32.3 Å². The lowest BCUT2D eigenvalue weighted by Crippen LogP contribution is -2.40. The highest BCUT2D eigenvalue weighted by molar-refractivity contribution is 7.89. The molecule has 1 aliphatic heterocycles. The molecular weight excluding hydrogens is 591 g/mol. The minimum atomic E-state index is -4.44. The number of sulfonamides is 1. The van der Waals surface area contributed by atoms with Gasteiger partial charge in [-0.05, 0) is 99.7 Å². The summed E-state index contributed by atoms with van der Waals surface area (Å²) < 4.78 is 79.8. The minimum Gasteiger partial charge on any atom is -0.353 e. The molecule has 3 heterocycles. The summed E-state index contributed by atoms with van der Waals surface area (Å²) in [6, 6.07) is 20.4. The summed E-state index contributed by atoms with van der Waals surface area (Å²) in [6.45, 7) is 6.08. The van der Waals surface area contributed by atoms with Gasteiger partial charge in [-0.1, -0.05) is 30.3 Å². The van der Waals surface area contributed by atoms with E-state index in [-0.39, 0.29) is 17.8 Å². The largest absolute Gasteiger partial charge is 0.416 e. The van der Waals surface area contributed by atoms with Crippen molar-refractivity contribution in [2.24, 2.45) is 0 Å². The second kappa shape index (κ2) is 12.8. The molecule has 0 bridgehead atoms. The number of pyridine rings is 2. The third-order valence-electron chi connectivity index (χ3n) is 6.87. The van der Waals surface area contributed by atoms with E-state index in [1.807, 2.05) is 0 Å². The Hall–Kier alpha value is -3.64. The molecule has 1 N–H and O–H groups in total. The van der Waals surface area contributed by atoms with Crippen molar-refractivity contribution in [2.45, 2.75) is 69.5 Å². The van der Waals surface area contributed by atoms with Gasteiger partial charge >= 0.3 is 6.18 Å². The summed E-state index contributed by atoms with van der Waals surface area (Å²) in [6.07, 6.45) is -2.03. The van der Waals surface area contributed by atoms with Gasteiger partial charge in [-0.15, -0.1) is 0 Å². The molecule has 232 valence electrons. The maximum absolute atomic E-state index is 13.2. The third-order valence-corrected chi connectivity index (χ3v) is 8.63. The van der Waals surface area contributed by atoms with E-state index in [4.69, 9.17) is 19.4 Å². The quantitative estimate of drug-likeness (QED) is 0.217. The van der Waals surface area contributed by atoms with Crippen LogP contribution in [0.3, 0.4) is 0 Å². The molecule has 1 unspecified atom stereocenters. The van der Waals surface area contributed by atoms with Crippen LogP contribution in [0.1, 0.15) is 51.3 Å². The molecule has 4 aromatic rings. The van der Waals surface area contributed by atoms with E-state index < -0.39 is 27.3 Å². The fraction of sp³-hybridized carbons (Fsp3) is 0.333. The first kappa shape index (κ1) is 31.8. The van der Waals surface area contributed by atoms with Crippen molar-refractivity contribution < 1.29 is 31.1 Å². The van der Waals surface area contributed by atoms with Crippen LogP contribution >= 0.6 is 0 Å². The molecule has 1 aliphatic rings. The van der Waals surface area contributed by atoms with Gasteiger partial charge < -0.3 is 9.47 Å². The summed E-state index contributed by atoms with van der Waals surface area (Å²) >= 11 is 0. The normalized spacial score (nSPS) is 16.2. The Morgan fingerprint density at radius 2 is 1.57 bits per heavy atom. The predicted molar refractivity (Wildman–Crippen MR) is 162 cm³/mol. The Labute approximate surface area is 255 Å². The lowest BCUT2D eigenvalue weighted by molar-refractivity contribution is -0.169. The lowest BCUT2D eigenvalue weighted by atomic mass is 10.0. The fourth-order valence-electron chi connectivity index (χ4n) is 4.85. The van der Waals surface area contributed by atoms with Crippen LogP contribution in [0.4, 0.5) is 13.2 Å². The monoisotopic (exact) mass is 625 g/mol. The Morgan fingerprint density at radius 3 is 2.25 bits per heavy atom. The molecule has 0 radical (unpaired) electrons. The van der Waals surface area contributed by atoms with Gasteiger partial charge in [0, 0.05) is 17.7 Å². The van der Waals surface area contributed by atoms with Gasteiger partial charge in [-0.25, -0.2) is 23.1 Å². The van der Waals surface area contributed by atoms with Crippen molar-refractivity contribution in [1.82, 2.24) is 14.7 Å². The van der Waals surface area contributed by atoms with Crippen LogP contribution in [0.15, 0.2) is 83.8 Å².